The van der Waals surface area contributed by atoms with Crippen LogP contribution >= 0.6 is 0 Å². The second-order valence-electron chi connectivity index (χ2n) is 15.0. The predicted octanol–water partition coefficient (Wildman–Crippen LogP) is 6.47. The Kier molecular flexibility index (Phi) is 7.61. The number of likely N-dealkylation sites (tertiary alicyclic amines) is 1. The number of fused-ring (bicyclic) bond motifs is 6. The van der Waals surface area contributed by atoms with Gasteiger partial charge in [0.1, 0.15) is 34.3 Å². The van der Waals surface area contributed by atoms with Crippen LogP contribution in [0.15, 0.2) is 36.2 Å². The third-order valence-corrected chi connectivity index (χ3v) is 11.7. The summed E-state index contributed by atoms with van der Waals surface area (Å²) in [5, 5.41) is 5.42. The molecule has 2 aromatic heterocycles. The molecule has 4 atom stereocenters. The van der Waals surface area contributed by atoms with E-state index in [0.717, 1.165) is 70.1 Å². The minimum atomic E-state index is -0.658. The molecule has 0 spiro atoms. The number of rotatable bonds is 7. The number of benzene rings is 2. The number of hydrogen-bond acceptors (Lipinski definition) is 9. The van der Waals surface area contributed by atoms with Crippen molar-refractivity contribution in [2.45, 2.75) is 83.0 Å². The number of piperidine rings is 1. The lowest BCUT2D eigenvalue weighted by Gasteiger charge is -2.42. The number of anilines is 2. The molecule has 6 heterocycles. The highest BCUT2D eigenvalue weighted by Gasteiger charge is 2.48. The summed E-state index contributed by atoms with van der Waals surface area (Å²) in [5.41, 5.74) is 8.49. The van der Waals surface area contributed by atoms with Crippen molar-refractivity contribution in [2.75, 3.05) is 43.4 Å². The van der Waals surface area contributed by atoms with Crippen molar-refractivity contribution in [3.05, 3.63) is 53.4 Å². The topological polar surface area (TPSA) is 102 Å². The van der Waals surface area contributed by atoms with E-state index in [0.29, 0.717) is 58.4 Å². The molecule has 9 nitrogen and oxygen atoms in total. The molecular weight excluding hydrogens is 643 g/mol. The number of aromatic nitrogens is 3. The summed E-state index contributed by atoms with van der Waals surface area (Å²) >= 11 is 0. The zero-order valence-electron chi connectivity index (χ0n) is 28.4. The van der Waals surface area contributed by atoms with Crippen LogP contribution in [0.2, 0.25) is 0 Å². The Hall–Kier alpha value is -4.16. The van der Waals surface area contributed by atoms with E-state index >= 15 is 8.78 Å². The van der Waals surface area contributed by atoms with Gasteiger partial charge >= 0.3 is 6.01 Å². The first-order valence-corrected chi connectivity index (χ1v) is 18.0. The monoisotopic (exact) mass is 685 g/mol. The van der Waals surface area contributed by atoms with Gasteiger partial charge in [0.25, 0.3) is 0 Å². The summed E-state index contributed by atoms with van der Waals surface area (Å²) in [7, 11) is 0. The van der Waals surface area contributed by atoms with Crippen LogP contribution in [0.4, 0.5) is 24.7 Å². The zero-order valence-corrected chi connectivity index (χ0v) is 28.4. The Morgan fingerprint density at radius 2 is 1.92 bits per heavy atom. The maximum absolute atomic E-state index is 17.3. The quantitative estimate of drug-likeness (QED) is 0.212. The van der Waals surface area contributed by atoms with E-state index in [4.69, 9.17) is 30.2 Å². The number of nitrogens with two attached hydrogens (primary N) is 1. The van der Waals surface area contributed by atoms with Crippen LogP contribution in [0, 0.1) is 17.0 Å². The van der Waals surface area contributed by atoms with Crippen molar-refractivity contribution in [3.8, 4) is 23.1 Å². The van der Waals surface area contributed by atoms with Crippen LogP contribution in [0.3, 0.4) is 0 Å². The van der Waals surface area contributed by atoms with Gasteiger partial charge in [-0.2, -0.15) is 9.97 Å². The van der Waals surface area contributed by atoms with Crippen molar-refractivity contribution in [2.24, 2.45) is 5.41 Å². The summed E-state index contributed by atoms with van der Waals surface area (Å²) in [5.74, 6) is -0.219. The van der Waals surface area contributed by atoms with Gasteiger partial charge in [-0.05, 0) is 92.0 Å². The predicted molar refractivity (Wildman–Crippen MR) is 187 cm³/mol. The molecule has 262 valence electrons. The van der Waals surface area contributed by atoms with Gasteiger partial charge < -0.3 is 30.3 Å². The third kappa shape index (κ3) is 5.25. The van der Waals surface area contributed by atoms with Gasteiger partial charge in [-0.1, -0.05) is 13.0 Å². The first kappa shape index (κ1) is 31.8. The number of nitrogens with one attached hydrogen (secondary N) is 1. The number of pyridine rings is 1. The van der Waals surface area contributed by atoms with Crippen LogP contribution in [-0.2, 0) is 6.42 Å². The van der Waals surface area contributed by atoms with Crippen LogP contribution in [0.25, 0.3) is 32.9 Å². The molecule has 0 radical (unpaired) electrons. The second kappa shape index (κ2) is 12.0. The average Bonchev–Trinajstić information content (AvgIpc) is 3.81. The Balaban J connectivity index is 1.17. The van der Waals surface area contributed by atoms with E-state index in [1.165, 1.54) is 6.07 Å². The summed E-state index contributed by atoms with van der Waals surface area (Å²) in [6.45, 7) is 7.49. The molecule has 1 saturated carbocycles. The highest BCUT2D eigenvalue weighted by atomic mass is 19.1. The zero-order chi connectivity index (χ0) is 34.3. The normalized spacial score (nSPS) is 25.4. The lowest BCUT2D eigenvalue weighted by molar-refractivity contribution is 0.147. The molecule has 0 amide bonds. The largest absolute Gasteiger partial charge is 0.472 e. The molecule has 12 heteroatoms. The molecule has 4 aliphatic heterocycles. The molecule has 50 heavy (non-hydrogen) atoms. The highest BCUT2D eigenvalue weighted by Crippen LogP contribution is 2.48. The van der Waals surface area contributed by atoms with Crippen LogP contribution in [-0.4, -0.2) is 76.9 Å². The first-order valence-electron chi connectivity index (χ1n) is 18.0. The molecule has 2 aromatic carbocycles. The molecule has 3 saturated heterocycles. The maximum atomic E-state index is 17.3. The fraction of sp³-hybridized carbons (Fsp3) is 0.500. The second-order valence-corrected chi connectivity index (χ2v) is 15.0. The number of ether oxygens (including phenoxy) is 2. The molecule has 1 aliphatic carbocycles. The molecule has 2 bridgehead atoms. The van der Waals surface area contributed by atoms with Crippen molar-refractivity contribution < 1.29 is 22.6 Å². The maximum Gasteiger partial charge on any atom is 0.319 e. The molecule has 9 rings (SSSR count). The Morgan fingerprint density at radius 1 is 1.10 bits per heavy atom. The number of halogens is 3. The highest BCUT2D eigenvalue weighted by molar-refractivity contribution is 6.04. The van der Waals surface area contributed by atoms with Gasteiger partial charge in [0.05, 0.1) is 19.0 Å². The van der Waals surface area contributed by atoms with E-state index < -0.39 is 5.82 Å². The Labute approximate surface area is 289 Å². The van der Waals surface area contributed by atoms with Gasteiger partial charge in [-0.25, -0.2) is 18.2 Å². The van der Waals surface area contributed by atoms with Crippen LogP contribution in [0.1, 0.15) is 57.9 Å². The van der Waals surface area contributed by atoms with Crippen molar-refractivity contribution in [1.29, 1.82) is 0 Å². The minimum Gasteiger partial charge on any atom is -0.472 e. The van der Waals surface area contributed by atoms with Gasteiger partial charge in [-0.3, -0.25) is 0 Å². The standard InChI is InChI=1S/C38H42F3N7O2/c1-3-25-27(40)6-4-22-14-23(42)15-26(29(22)25)32-31(41)33-30-35(48-17-24-5-7-28(43-24)34(48)20(2)50-36(30)44-32)46-37(45-33)49-19-38(10-11-38)18-47-12-8-21(16-39)9-13-47/h4,6,14-16,20,24,28,34,43H,3,5,7-13,17-19,42H2,1-2H3. The lowest BCUT2D eigenvalue weighted by atomic mass is 9.94. The lowest BCUT2D eigenvalue weighted by Crippen LogP contribution is -2.62. The molecule has 4 unspecified atom stereocenters. The number of piperazine rings is 1. The fourth-order valence-corrected chi connectivity index (χ4v) is 8.93. The van der Waals surface area contributed by atoms with E-state index in [2.05, 4.69) is 15.1 Å². The van der Waals surface area contributed by atoms with E-state index in [9.17, 15) is 4.39 Å². The molecular formula is C38H42F3N7O2. The summed E-state index contributed by atoms with van der Waals surface area (Å²) in [4.78, 5) is 19.2. The minimum absolute atomic E-state index is 0.00197. The Bertz CT molecular complexity index is 2040. The summed E-state index contributed by atoms with van der Waals surface area (Å²) < 4.78 is 58.6. The molecule has 4 aromatic rings. The smallest absolute Gasteiger partial charge is 0.319 e. The van der Waals surface area contributed by atoms with Gasteiger partial charge in [0.2, 0.25) is 5.88 Å². The van der Waals surface area contributed by atoms with Crippen molar-refractivity contribution in [1.82, 2.24) is 25.2 Å². The SMILES string of the molecule is CCc1c(F)ccc2cc(N)cc(-c3nc4c5c(nc(OCC6(CN7CCC(=CF)CC7)CC6)nc5c3F)N3CC5CCC(N5)C3C(C)O4)c12. The van der Waals surface area contributed by atoms with E-state index in [1.807, 2.05) is 13.8 Å². The van der Waals surface area contributed by atoms with Crippen molar-refractivity contribution in [3.63, 3.8) is 0 Å². The summed E-state index contributed by atoms with van der Waals surface area (Å²) in [6, 6.07) is 7.01. The van der Waals surface area contributed by atoms with Gasteiger partial charge in [0.15, 0.2) is 5.82 Å². The number of hydrogen-bond donors (Lipinski definition) is 2. The third-order valence-electron chi connectivity index (χ3n) is 11.7. The van der Waals surface area contributed by atoms with E-state index in [1.54, 1.807) is 18.2 Å². The number of aryl methyl sites for hydroxylation is 1. The fourth-order valence-electron chi connectivity index (χ4n) is 8.93. The molecule has 5 aliphatic rings. The van der Waals surface area contributed by atoms with Gasteiger partial charge in [0, 0.05) is 54.9 Å². The number of nitrogen functional groups attached to an aromatic ring is 1. The van der Waals surface area contributed by atoms with Gasteiger partial charge in [-0.15, -0.1) is 0 Å². The first-order chi connectivity index (χ1) is 24.2. The van der Waals surface area contributed by atoms with Crippen LogP contribution in [0.5, 0.6) is 11.9 Å². The summed E-state index contributed by atoms with van der Waals surface area (Å²) in [6.07, 6.45) is 6.40. The van der Waals surface area contributed by atoms with E-state index in [-0.39, 0.29) is 58.6 Å². The molecule has 4 fully saturated rings. The van der Waals surface area contributed by atoms with Crippen molar-refractivity contribution >= 4 is 33.2 Å². The molecule has 3 N–H and O–H groups in total. The average molecular weight is 686 g/mol. The number of nitrogens with zero attached hydrogens (tertiary/aromatic N) is 5. The van der Waals surface area contributed by atoms with Crippen LogP contribution < -0.4 is 25.4 Å². The Morgan fingerprint density at radius 3 is 2.68 bits per heavy atom.